The van der Waals surface area contributed by atoms with E-state index in [0.717, 1.165) is 24.3 Å². The summed E-state index contributed by atoms with van der Waals surface area (Å²) >= 11 is 0. The Hall–Kier alpha value is -2.37. The number of ether oxygens (including phenoxy) is 1. The van der Waals surface area contributed by atoms with E-state index in [0.29, 0.717) is 30.7 Å². The van der Waals surface area contributed by atoms with Gasteiger partial charge in [0.05, 0.1) is 6.10 Å². The highest BCUT2D eigenvalue weighted by atomic mass is 16.5. The summed E-state index contributed by atoms with van der Waals surface area (Å²) in [6.45, 7) is 6.07. The van der Waals surface area contributed by atoms with Crippen molar-refractivity contribution in [1.29, 1.82) is 0 Å². The van der Waals surface area contributed by atoms with Crippen molar-refractivity contribution < 1.29 is 14.1 Å². The first-order chi connectivity index (χ1) is 12.4. The average molecular weight is 357 g/mol. The van der Waals surface area contributed by atoms with E-state index in [1.807, 2.05) is 45.0 Å². The maximum atomic E-state index is 12.2. The van der Waals surface area contributed by atoms with Crippen LogP contribution in [0, 0.1) is 0 Å². The lowest BCUT2D eigenvalue weighted by Gasteiger charge is -2.14. The van der Waals surface area contributed by atoms with Gasteiger partial charge in [-0.05, 0) is 37.8 Å². The number of carbonyl (C=O) groups is 1. The van der Waals surface area contributed by atoms with Gasteiger partial charge in [-0.15, -0.1) is 0 Å². The molecule has 1 aliphatic carbocycles. The second-order valence-electron chi connectivity index (χ2n) is 7.86. The monoisotopic (exact) mass is 357 g/mol. The lowest BCUT2D eigenvalue weighted by Crippen LogP contribution is -2.14. The number of carbonyl (C=O) groups excluding carboxylic acids is 1. The Morgan fingerprint density at radius 3 is 2.77 bits per heavy atom. The van der Waals surface area contributed by atoms with E-state index in [1.54, 1.807) is 0 Å². The van der Waals surface area contributed by atoms with E-state index in [1.165, 1.54) is 12.8 Å². The summed E-state index contributed by atoms with van der Waals surface area (Å²) < 4.78 is 11.2. The standard InChI is InChI=1S/C20H27N3O3/c1-20(2,3)19-22-18(26-23-19)12-11-17(24)21-14-7-6-10-16(13-14)25-15-8-4-5-9-15/h6-7,10,13,15H,4-5,8-9,11-12H2,1-3H3,(H,21,24). The van der Waals surface area contributed by atoms with Crippen LogP contribution in [0.3, 0.4) is 0 Å². The van der Waals surface area contributed by atoms with Gasteiger partial charge in [-0.2, -0.15) is 4.98 Å². The highest BCUT2D eigenvalue weighted by Gasteiger charge is 2.21. The van der Waals surface area contributed by atoms with Crippen molar-refractivity contribution in [3.63, 3.8) is 0 Å². The first-order valence-corrected chi connectivity index (χ1v) is 9.30. The smallest absolute Gasteiger partial charge is 0.227 e. The quantitative estimate of drug-likeness (QED) is 0.836. The maximum Gasteiger partial charge on any atom is 0.227 e. The van der Waals surface area contributed by atoms with Gasteiger partial charge in [-0.1, -0.05) is 32.0 Å². The lowest BCUT2D eigenvalue weighted by molar-refractivity contribution is -0.116. The zero-order valence-electron chi connectivity index (χ0n) is 15.7. The fourth-order valence-corrected chi connectivity index (χ4v) is 2.95. The fraction of sp³-hybridized carbons (Fsp3) is 0.550. The van der Waals surface area contributed by atoms with Crippen LogP contribution < -0.4 is 10.1 Å². The third kappa shape index (κ3) is 5.07. The summed E-state index contributed by atoms with van der Waals surface area (Å²) in [7, 11) is 0. The van der Waals surface area contributed by atoms with Crippen LogP contribution in [0.15, 0.2) is 28.8 Å². The van der Waals surface area contributed by atoms with Crippen molar-refractivity contribution in [2.75, 3.05) is 5.32 Å². The van der Waals surface area contributed by atoms with Crippen LogP contribution >= 0.6 is 0 Å². The molecular weight excluding hydrogens is 330 g/mol. The Morgan fingerprint density at radius 2 is 2.08 bits per heavy atom. The largest absolute Gasteiger partial charge is 0.490 e. The molecule has 0 radical (unpaired) electrons. The SMILES string of the molecule is CC(C)(C)c1noc(CCC(=O)Nc2cccc(OC3CCCC3)c2)n1. The zero-order valence-corrected chi connectivity index (χ0v) is 15.7. The molecule has 0 spiro atoms. The minimum absolute atomic E-state index is 0.0847. The van der Waals surface area contributed by atoms with Crippen LogP contribution in [0.5, 0.6) is 5.75 Å². The summed E-state index contributed by atoms with van der Waals surface area (Å²) in [5.41, 5.74) is 0.579. The molecule has 1 aliphatic rings. The van der Waals surface area contributed by atoms with Crippen LogP contribution in [0.1, 0.15) is 64.6 Å². The lowest BCUT2D eigenvalue weighted by atomic mass is 9.96. The molecule has 1 aromatic carbocycles. The van der Waals surface area contributed by atoms with E-state index in [-0.39, 0.29) is 11.3 Å². The molecule has 6 heteroatoms. The topological polar surface area (TPSA) is 77.2 Å². The van der Waals surface area contributed by atoms with Crippen molar-refractivity contribution in [3.05, 3.63) is 36.0 Å². The molecule has 0 bridgehead atoms. The van der Waals surface area contributed by atoms with Crippen LogP contribution in [0.4, 0.5) is 5.69 Å². The Balaban J connectivity index is 1.50. The minimum Gasteiger partial charge on any atom is -0.490 e. The highest BCUT2D eigenvalue weighted by Crippen LogP contribution is 2.26. The van der Waals surface area contributed by atoms with Crippen LogP contribution in [0.2, 0.25) is 0 Å². The van der Waals surface area contributed by atoms with Crippen LogP contribution in [0.25, 0.3) is 0 Å². The molecule has 1 amide bonds. The van der Waals surface area contributed by atoms with Crippen molar-refractivity contribution in [2.45, 2.75) is 70.8 Å². The molecule has 1 aromatic heterocycles. The van der Waals surface area contributed by atoms with Crippen LogP contribution in [-0.2, 0) is 16.6 Å². The Bertz CT molecular complexity index is 743. The highest BCUT2D eigenvalue weighted by molar-refractivity contribution is 5.90. The number of nitrogens with one attached hydrogen (secondary N) is 1. The second kappa shape index (κ2) is 7.89. The third-order valence-corrected chi connectivity index (χ3v) is 4.43. The molecule has 0 unspecified atom stereocenters. The number of rotatable bonds is 6. The van der Waals surface area contributed by atoms with E-state index in [2.05, 4.69) is 15.5 Å². The second-order valence-corrected chi connectivity index (χ2v) is 7.86. The summed E-state index contributed by atoms with van der Waals surface area (Å²) in [5.74, 6) is 1.87. The van der Waals surface area contributed by atoms with E-state index >= 15 is 0 Å². The average Bonchev–Trinajstić information content (AvgIpc) is 3.24. The van der Waals surface area contributed by atoms with E-state index < -0.39 is 0 Å². The maximum absolute atomic E-state index is 12.2. The first kappa shape index (κ1) is 18.4. The van der Waals surface area contributed by atoms with Crippen molar-refractivity contribution in [3.8, 4) is 5.75 Å². The van der Waals surface area contributed by atoms with Crippen molar-refractivity contribution >= 4 is 11.6 Å². The van der Waals surface area contributed by atoms with E-state index in [9.17, 15) is 4.79 Å². The number of nitrogens with zero attached hydrogens (tertiary/aromatic N) is 2. The van der Waals surface area contributed by atoms with Crippen LogP contribution in [-0.4, -0.2) is 22.2 Å². The van der Waals surface area contributed by atoms with Gasteiger partial charge in [-0.3, -0.25) is 4.79 Å². The molecule has 1 saturated carbocycles. The van der Waals surface area contributed by atoms with Gasteiger partial charge in [0.2, 0.25) is 11.8 Å². The van der Waals surface area contributed by atoms with E-state index in [4.69, 9.17) is 9.26 Å². The molecule has 0 aliphatic heterocycles. The summed E-state index contributed by atoms with van der Waals surface area (Å²) in [5, 5.41) is 6.88. The summed E-state index contributed by atoms with van der Waals surface area (Å²) in [6, 6.07) is 7.57. The number of aromatic nitrogens is 2. The van der Waals surface area contributed by atoms with Gasteiger partial charge in [-0.25, -0.2) is 0 Å². The Morgan fingerprint density at radius 1 is 1.31 bits per heavy atom. The predicted octanol–water partition coefficient (Wildman–Crippen LogP) is 4.26. The Labute approximate surface area is 154 Å². The number of hydrogen-bond acceptors (Lipinski definition) is 5. The van der Waals surface area contributed by atoms with Gasteiger partial charge >= 0.3 is 0 Å². The minimum atomic E-state index is -0.163. The molecular formula is C20H27N3O3. The molecule has 6 nitrogen and oxygen atoms in total. The van der Waals surface area contributed by atoms with Crippen molar-refractivity contribution in [1.82, 2.24) is 10.1 Å². The predicted molar refractivity (Wildman–Crippen MR) is 99.3 cm³/mol. The van der Waals surface area contributed by atoms with Crippen molar-refractivity contribution in [2.24, 2.45) is 0 Å². The number of amides is 1. The molecule has 0 atom stereocenters. The molecule has 1 fully saturated rings. The number of benzene rings is 1. The normalized spacial score (nSPS) is 15.2. The van der Waals surface area contributed by atoms with Gasteiger partial charge < -0.3 is 14.6 Å². The molecule has 140 valence electrons. The fourth-order valence-electron chi connectivity index (χ4n) is 2.95. The molecule has 2 aromatic rings. The molecule has 1 N–H and O–H groups in total. The van der Waals surface area contributed by atoms with Gasteiger partial charge in [0.15, 0.2) is 5.82 Å². The molecule has 1 heterocycles. The molecule has 26 heavy (non-hydrogen) atoms. The summed E-state index contributed by atoms with van der Waals surface area (Å²) in [4.78, 5) is 16.6. The number of hydrogen-bond donors (Lipinski definition) is 1. The summed E-state index contributed by atoms with van der Waals surface area (Å²) in [6.07, 6.45) is 5.69. The first-order valence-electron chi connectivity index (χ1n) is 9.30. The Kier molecular flexibility index (Phi) is 5.59. The van der Waals surface area contributed by atoms with Gasteiger partial charge in [0.1, 0.15) is 5.75 Å². The molecule has 0 saturated heterocycles. The zero-order chi connectivity index (χ0) is 18.6. The molecule has 3 rings (SSSR count). The third-order valence-electron chi connectivity index (χ3n) is 4.43. The number of aryl methyl sites for hydroxylation is 1. The van der Waals surface area contributed by atoms with Gasteiger partial charge in [0.25, 0.3) is 0 Å². The number of anilines is 1. The van der Waals surface area contributed by atoms with Gasteiger partial charge in [0, 0.05) is 30.0 Å².